The molecule has 2 N–H and O–H groups in total. The quantitative estimate of drug-likeness (QED) is 0.892. The van der Waals surface area contributed by atoms with Gasteiger partial charge in [0.2, 0.25) is 0 Å². The molecule has 0 bridgehead atoms. The minimum atomic E-state index is -0.130. The number of carbonyl (C=O) groups excluding carboxylic acids is 1. The van der Waals surface area contributed by atoms with Crippen LogP contribution in [-0.4, -0.2) is 48.1 Å². The van der Waals surface area contributed by atoms with Crippen LogP contribution in [0.5, 0.6) is 0 Å². The second-order valence-corrected chi connectivity index (χ2v) is 4.77. The lowest BCUT2D eigenvalue weighted by Gasteiger charge is -2.15. The highest BCUT2D eigenvalue weighted by molar-refractivity contribution is 7.21. The van der Waals surface area contributed by atoms with Crippen LogP contribution in [0.25, 0.3) is 10.3 Å². The standard InChI is InChI=1S/C11H14N4O2S/c1-15(5-6-17-2)11(16)9-7(12)8-10(18-9)14-4-3-13-8/h3-4H,5-6,12H2,1-2H3. The van der Waals surface area contributed by atoms with Gasteiger partial charge in [0.05, 0.1) is 12.3 Å². The number of fused-ring (bicyclic) bond motifs is 1. The normalized spacial score (nSPS) is 10.8. The summed E-state index contributed by atoms with van der Waals surface area (Å²) in [6, 6.07) is 0. The van der Waals surface area contributed by atoms with Gasteiger partial charge < -0.3 is 15.4 Å². The first-order valence-electron chi connectivity index (χ1n) is 5.38. The molecule has 6 nitrogen and oxygen atoms in total. The van der Waals surface area contributed by atoms with Crippen molar-refractivity contribution < 1.29 is 9.53 Å². The fraction of sp³-hybridized carbons (Fsp3) is 0.364. The monoisotopic (exact) mass is 266 g/mol. The molecule has 7 heteroatoms. The van der Waals surface area contributed by atoms with Crippen LogP contribution in [0.15, 0.2) is 12.4 Å². The van der Waals surface area contributed by atoms with E-state index in [9.17, 15) is 4.79 Å². The summed E-state index contributed by atoms with van der Waals surface area (Å²) in [6.45, 7) is 1.01. The zero-order valence-corrected chi connectivity index (χ0v) is 11.0. The Morgan fingerprint density at radius 3 is 2.89 bits per heavy atom. The molecule has 0 atom stereocenters. The van der Waals surface area contributed by atoms with E-state index >= 15 is 0 Å². The summed E-state index contributed by atoms with van der Waals surface area (Å²) >= 11 is 1.26. The number of nitrogens with zero attached hydrogens (tertiary/aromatic N) is 3. The molecule has 2 aromatic rings. The van der Waals surface area contributed by atoms with Crippen molar-refractivity contribution in [2.45, 2.75) is 0 Å². The van der Waals surface area contributed by atoms with Crippen molar-refractivity contribution in [1.29, 1.82) is 0 Å². The number of aromatic nitrogens is 2. The highest BCUT2D eigenvalue weighted by Crippen LogP contribution is 2.31. The number of methoxy groups -OCH3 is 1. The Balaban J connectivity index is 2.30. The van der Waals surface area contributed by atoms with Gasteiger partial charge in [0, 0.05) is 33.1 Å². The first-order chi connectivity index (χ1) is 8.65. The van der Waals surface area contributed by atoms with Gasteiger partial charge in [-0.3, -0.25) is 4.79 Å². The number of thiophene rings is 1. The van der Waals surface area contributed by atoms with Gasteiger partial charge in [0.25, 0.3) is 5.91 Å². The van der Waals surface area contributed by atoms with Gasteiger partial charge >= 0.3 is 0 Å². The molecule has 96 valence electrons. The van der Waals surface area contributed by atoms with Crippen molar-refractivity contribution in [3.8, 4) is 0 Å². The minimum absolute atomic E-state index is 0.130. The molecule has 2 heterocycles. The van der Waals surface area contributed by atoms with Crippen LogP contribution in [0.3, 0.4) is 0 Å². The largest absolute Gasteiger partial charge is 0.396 e. The van der Waals surface area contributed by atoms with E-state index < -0.39 is 0 Å². The number of hydrogen-bond donors (Lipinski definition) is 1. The summed E-state index contributed by atoms with van der Waals surface area (Å²) in [4.78, 5) is 23.2. The number of hydrogen-bond acceptors (Lipinski definition) is 6. The highest BCUT2D eigenvalue weighted by Gasteiger charge is 2.20. The van der Waals surface area contributed by atoms with E-state index in [0.717, 1.165) is 0 Å². The number of rotatable bonds is 4. The van der Waals surface area contributed by atoms with Gasteiger partial charge in [-0.2, -0.15) is 0 Å². The molecule has 1 amide bonds. The smallest absolute Gasteiger partial charge is 0.266 e. The lowest BCUT2D eigenvalue weighted by molar-refractivity contribution is 0.0750. The topological polar surface area (TPSA) is 81.3 Å². The average molecular weight is 266 g/mol. The molecule has 2 aromatic heterocycles. The fourth-order valence-electron chi connectivity index (χ4n) is 1.51. The van der Waals surface area contributed by atoms with Crippen molar-refractivity contribution in [1.82, 2.24) is 14.9 Å². The summed E-state index contributed by atoms with van der Waals surface area (Å²) in [6.07, 6.45) is 3.15. The number of ether oxygens (including phenoxy) is 1. The Bertz CT molecular complexity index is 569. The first-order valence-corrected chi connectivity index (χ1v) is 6.20. The van der Waals surface area contributed by atoms with Gasteiger partial charge in [-0.15, -0.1) is 11.3 Å². The summed E-state index contributed by atoms with van der Waals surface area (Å²) in [7, 11) is 3.31. The lowest BCUT2D eigenvalue weighted by atomic mass is 10.3. The van der Waals surface area contributed by atoms with Crippen molar-refractivity contribution >= 4 is 33.3 Å². The van der Waals surface area contributed by atoms with E-state index in [1.54, 1.807) is 31.5 Å². The molecule has 0 radical (unpaired) electrons. The molecule has 2 rings (SSSR count). The third kappa shape index (κ3) is 2.27. The molecule has 0 aromatic carbocycles. The minimum Gasteiger partial charge on any atom is -0.396 e. The highest BCUT2D eigenvalue weighted by atomic mass is 32.1. The van der Waals surface area contributed by atoms with Crippen molar-refractivity contribution in [3.63, 3.8) is 0 Å². The third-order valence-electron chi connectivity index (χ3n) is 2.53. The molecular weight excluding hydrogens is 252 g/mol. The molecule has 0 spiro atoms. The maximum Gasteiger partial charge on any atom is 0.266 e. The molecule has 0 aliphatic carbocycles. The van der Waals surface area contributed by atoms with E-state index in [-0.39, 0.29) is 5.91 Å². The zero-order valence-electron chi connectivity index (χ0n) is 10.2. The Kier molecular flexibility index (Phi) is 3.73. The second kappa shape index (κ2) is 5.28. The molecule has 0 fully saturated rings. The van der Waals surface area contributed by atoms with Gasteiger partial charge in [0.15, 0.2) is 0 Å². The Morgan fingerprint density at radius 1 is 1.50 bits per heavy atom. The van der Waals surface area contributed by atoms with Crippen LogP contribution in [0.1, 0.15) is 9.67 Å². The Morgan fingerprint density at radius 2 is 2.22 bits per heavy atom. The zero-order chi connectivity index (χ0) is 13.1. The van der Waals surface area contributed by atoms with E-state index in [1.807, 2.05) is 0 Å². The molecule has 0 unspecified atom stereocenters. The molecule has 0 aliphatic heterocycles. The molecule has 0 saturated carbocycles. The maximum atomic E-state index is 12.2. The first kappa shape index (κ1) is 12.7. The summed E-state index contributed by atoms with van der Waals surface area (Å²) in [5.41, 5.74) is 6.92. The predicted octanol–water partition coefficient (Wildman–Crippen LogP) is 0.992. The van der Waals surface area contributed by atoms with Crippen LogP contribution in [-0.2, 0) is 4.74 Å². The molecule has 0 saturated heterocycles. The van der Waals surface area contributed by atoms with E-state index in [2.05, 4.69) is 9.97 Å². The average Bonchev–Trinajstić information content (AvgIpc) is 2.73. The van der Waals surface area contributed by atoms with E-state index in [1.165, 1.54) is 11.3 Å². The summed E-state index contributed by atoms with van der Waals surface area (Å²) < 4.78 is 4.94. The number of nitrogen functional groups attached to an aromatic ring is 1. The molecule has 18 heavy (non-hydrogen) atoms. The summed E-state index contributed by atoms with van der Waals surface area (Å²) in [5, 5.41) is 0. The van der Waals surface area contributed by atoms with Crippen LogP contribution >= 0.6 is 11.3 Å². The lowest BCUT2D eigenvalue weighted by Crippen LogP contribution is -2.29. The van der Waals surface area contributed by atoms with Gasteiger partial charge in [0.1, 0.15) is 15.2 Å². The van der Waals surface area contributed by atoms with E-state index in [4.69, 9.17) is 10.5 Å². The van der Waals surface area contributed by atoms with Crippen molar-refractivity contribution in [2.75, 3.05) is 33.0 Å². The Hall–Kier alpha value is -1.73. The molecular formula is C11H14N4O2S. The third-order valence-corrected chi connectivity index (χ3v) is 3.63. The number of likely N-dealkylation sites (N-methyl/N-ethyl adjacent to an activating group) is 1. The van der Waals surface area contributed by atoms with Crippen LogP contribution in [0.4, 0.5) is 5.69 Å². The van der Waals surface area contributed by atoms with E-state index in [0.29, 0.717) is 34.1 Å². The van der Waals surface area contributed by atoms with Crippen LogP contribution in [0.2, 0.25) is 0 Å². The SMILES string of the molecule is COCCN(C)C(=O)c1sc2nccnc2c1N. The predicted molar refractivity (Wildman–Crippen MR) is 70.7 cm³/mol. The molecule has 0 aliphatic rings. The second-order valence-electron chi connectivity index (χ2n) is 3.77. The number of anilines is 1. The number of carbonyl (C=O) groups is 1. The van der Waals surface area contributed by atoms with Gasteiger partial charge in [-0.1, -0.05) is 0 Å². The number of amides is 1. The van der Waals surface area contributed by atoms with Crippen molar-refractivity contribution in [2.24, 2.45) is 0 Å². The van der Waals surface area contributed by atoms with Gasteiger partial charge in [-0.25, -0.2) is 9.97 Å². The van der Waals surface area contributed by atoms with Crippen LogP contribution in [0, 0.1) is 0 Å². The Labute approximate surface area is 108 Å². The maximum absolute atomic E-state index is 12.2. The van der Waals surface area contributed by atoms with Gasteiger partial charge in [-0.05, 0) is 0 Å². The van der Waals surface area contributed by atoms with Crippen molar-refractivity contribution in [3.05, 3.63) is 17.3 Å². The number of nitrogens with two attached hydrogens (primary N) is 1. The fourth-order valence-corrected chi connectivity index (χ4v) is 2.52. The van der Waals surface area contributed by atoms with Crippen LogP contribution < -0.4 is 5.73 Å². The summed E-state index contributed by atoms with van der Waals surface area (Å²) in [5.74, 6) is -0.130.